The van der Waals surface area contributed by atoms with Gasteiger partial charge in [0.15, 0.2) is 18.9 Å². The van der Waals surface area contributed by atoms with Crippen LogP contribution in [0.3, 0.4) is 0 Å². The summed E-state index contributed by atoms with van der Waals surface area (Å²) in [6.07, 6.45) is 5.16. The van der Waals surface area contributed by atoms with Crippen LogP contribution in [0.15, 0.2) is 73.3 Å². The van der Waals surface area contributed by atoms with Crippen molar-refractivity contribution in [2.45, 2.75) is 55.0 Å². The molecule has 3 heterocycles. The molecule has 0 spiro atoms. The van der Waals surface area contributed by atoms with Crippen molar-refractivity contribution in [1.29, 1.82) is 0 Å². The largest absolute Gasteiger partial charge is 0.395 e. The topological polar surface area (TPSA) is 63.8 Å². The Morgan fingerprint density at radius 3 is 2.18 bits per heavy atom. The molecule has 0 bridgehead atoms. The van der Waals surface area contributed by atoms with Crippen LogP contribution in [-0.4, -0.2) is 43.7 Å². The quantitative estimate of drug-likeness (QED) is 0.309. The summed E-state index contributed by atoms with van der Waals surface area (Å²) in [5.41, 5.74) is 0.916. The van der Waals surface area contributed by atoms with Crippen LogP contribution >= 0.6 is 23.4 Å². The van der Waals surface area contributed by atoms with E-state index < -0.39 is 13.8 Å². The summed E-state index contributed by atoms with van der Waals surface area (Å²) in [6, 6.07) is 21.4. The van der Waals surface area contributed by atoms with Gasteiger partial charge in [-0.25, -0.2) is 15.0 Å². The van der Waals surface area contributed by atoms with Crippen LogP contribution in [0.2, 0.25) is 10.2 Å². The normalized spacial score (nSPS) is 20.0. The molecule has 2 aromatic carbocycles. The summed E-state index contributed by atoms with van der Waals surface area (Å²) in [4.78, 5) is 12.9. The van der Waals surface area contributed by atoms with E-state index in [0.717, 1.165) is 18.5 Å². The van der Waals surface area contributed by atoms with Crippen LogP contribution in [0, 0.1) is 0 Å². The highest BCUT2D eigenvalue weighted by Gasteiger charge is 2.56. The third kappa shape index (κ3) is 3.79. The SMILES string of the molecule is CC(C)(C)[Si](c1ccccc1)(c1ccccc1)C(O)[C@H]1CC[C@@H](n2cnc3c(Cl)ncnc32)S1. The second-order valence-electron chi connectivity index (χ2n) is 9.93. The number of imidazole rings is 1. The number of rotatable bonds is 5. The van der Waals surface area contributed by atoms with Gasteiger partial charge >= 0.3 is 0 Å². The minimum absolute atomic E-state index is 0.101. The molecule has 0 radical (unpaired) electrons. The van der Waals surface area contributed by atoms with Gasteiger partial charge in [0.1, 0.15) is 11.8 Å². The second kappa shape index (κ2) is 9.11. The van der Waals surface area contributed by atoms with E-state index in [4.69, 9.17) is 11.6 Å². The maximum atomic E-state index is 12.3. The van der Waals surface area contributed by atoms with Crippen molar-refractivity contribution in [2.75, 3.05) is 0 Å². The number of hydrogen-bond donors (Lipinski definition) is 1. The molecule has 176 valence electrons. The Kier molecular flexibility index (Phi) is 6.31. The molecule has 1 N–H and O–H groups in total. The smallest absolute Gasteiger partial charge is 0.165 e. The van der Waals surface area contributed by atoms with Gasteiger partial charge in [0.2, 0.25) is 0 Å². The first-order chi connectivity index (χ1) is 16.3. The predicted octanol–water partition coefficient (Wildman–Crippen LogP) is 4.84. The molecule has 0 aliphatic carbocycles. The molecular formula is C26H29ClN4OSSi. The zero-order chi connectivity index (χ0) is 23.9. The first kappa shape index (κ1) is 23.5. The summed E-state index contributed by atoms with van der Waals surface area (Å²) in [5, 5.41) is 15.4. The lowest BCUT2D eigenvalue weighted by Gasteiger charge is -2.48. The molecule has 8 heteroatoms. The number of benzene rings is 2. The molecule has 1 unspecified atom stereocenters. The lowest BCUT2D eigenvalue weighted by atomic mass is 10.2. The van der Waals surface area contributed by atoms with E-state index in [0.29, 0.717) is 10.7 Å². The molecular weight excluding hydrogens is 480 g/mol. The van der Waals surface area contributed by atoms with Crippen molar-refractivity contribution >= 4 is 53.0 Å². The number of nitrogens with zero attached hydrogens (tertiary/aromatic N) is 4. The highest BCUT2D eigenvalue weighted by atomic mass is 35.5. The van der Waals surface area contributed by atoms with E-state index in [1.807, 2.05) is 11.8 Å². The summed E-state index contributed by atoms with van der Waals surface area (Å²) >= 11 is 8.07. The van der Waals surface area contributed by atoms with Crippen molar-refractivity contribution in [3.8, 4) is 0 Å². The lowest BCUT2D eigenvalue weighted by molar-refractivity contribution is 0.235. The minimum Gasteiger partial charge on any atom is -0.395 e. The number of aliphatic hydroxyl groups is 1. The van der Waals surface area contributed by atoms with Crippen LogP contribution < -0.4 is 10.4 Å². The molecule has 1 fully saturated rings. The number of halogens is 1. The Morgan fingerprint density at radius 1 is 0.971 bits per heavy atom. The number of thioether (sulfide) groups is 1. The van der Waals surface area contributed by atoms with Crippen molar-refractivity contribution in [2.24, 2.45) is 0 Å². The Hall–Kier alpha value is -2.19. The molecule has 2 aromatic heterocycles. The van der Waals surface area contributed by atoms with Gasteiger partial charge in [-0.05, 0) is 17.9 Å². The van der Waals surface area contributed by atoms with Gasteiger partial charge in [-0.1, -0.05) is 103 Å². The average molecular weight is 509 g/mol. The third-order valence-corrected chi connectivity index (χ3v) is 15.4. The van der Waals surface area contributed by atoms with Crippen LogP contribution in [0.5, 0.6) is 0 Å². The van der Waals surface area contributed by atoms with Crippen LogP contribution in [0.25, 0.3) is 11.2 Å². The van der Waals surface area contributed by atoms with E-state index in [9.17, 15) is 5.11 Å². The monoisotopic (exact) mass is 508 g/mol. The standard InChI is InChI=1S/C26H29ClN4OSSi/c1-26(2,3)34(18-10-6-4-7-11-18,19-12-8-5-9-13-19)25(32)20-14-15-21(33-20)31-17-30-22-23(27)28-16-29-24(22)31/h4-13,16-17,20-21,25,32H,14-15H2,1-3H3/t20-,21+,25?/m1/s1. The van der Waals surface area contributed by atoms with E-state index in [1.54, 1.807) is 6.33 Å². The maximum Gasteiger partial charge on any atom is 0.165 e. The van der Waals surface area contributed by atoms with E-state index >= 15 is 0 Å². The molecule has 5 rings (SSSR count). The van der Waals surface area contributed by atoms with E-state index in [-0.39, 0.29) is 15.7 Å². The highest BCUT2D eigenvalue weighted by Crippen LogP contribution is 2.48. The molecule has 1 saturated heterocycles. The summed E-state index contributed by atoms with van der Waals surface area (Å²) in [5.74, 6) is 0. The van der Waals surface area contributed by atoms with Gasteiger partial charge in [0, 0.05) is 5.25 Å². The number of fused-ring (bicyclic) bond motifs is 1. The van der Waals surface area contributed by atoms with Gasteiger partial charge in [0.25, 0.3) is 0 Å². The molecule has 1 aliphatic rings. The third-order valence-electron chi connectivity index (χ3n) is 7.09. The lowest BCUT2D eigenvalue weighted by Crippen LogP contribution is -2.73. The Morgan fingerprint density at radius 2 is 1.59 bits per heavy atom. The van der Waals surface area contributed by atoms with E-state index in [2.05, 4.69) is 101 Å². The molecule has 3 atom stereocenters. The number of aromatic nitrogens is 4. The zero-order valence-corrected chi connectivity index (χ0v) is 22.2. The Bertz CT molecular complexity index is 1240. The van der Waals surface area contributed by atoms with E-state index in [1.165, 1.54) is 16.7 Å². The number of hydrogen-bond acceptors (Lipinski definition) is 5. The van der Waals surface area contributed by atoms with Gasteiger partial charge in [-0.2, -0.15) is 0 Å². The van der Waals surface area contributed by atoms with Crippen LogP contribution in [0.1, 0.15) is 39.0 Å². The number of aliphatic hydroxyl groups excluding tert-OH is 1. The van der Waals surface area contributed by atoms with Crippen molar-refractivity contribution < 1.29 is 5.11 Å². The van der Waals surface area contributed by atoms with Crippen LogP contribution in [0.4, 0.5) is 0 Å². The summed E-state index contributed by atoms with van der Waals surface area (Å²) < 4.78 is 2.09. The minimum atomic E-state index is -2.63. The molecule has 1 aliphatic heterocycles. The molecule has 0 amide bonds. The highest BCUT2D eigenvalue weighted by molar-refractivity contribution is 8.00. The summed E-state index contributed by atoms with van der Waals surface area (Å²) in [6.45, 7) is 6.88. The first-order valence-corrected chi connectivity index (χ1v) is 15.0. The maximum absolute atomic E-state index is 12.3. The fraction of sp³-hybridized carbons (Fsp3) is 0.346. The Balaban J connectivity index is 1.56. The molecule has 4 aromatic rings. The second-order valence-corrected chi connectivity index (χ2v) is 16.6. The first-order valence-electron chi connectivity index (χ1n) is 11.6. The van der Waals surface area contributed by atoms with Crippen molar-refractivity contribution in [3.63, 3.8) is 0 Å². The fourth-order valence-electron chi connectivity index (χ4n) is 5.61. The average Bonchev–Trinajstić information content (AvgIpc) is 3.48. The van der Waals surface area contributed by atoms with Gasteiger partial charge in [0.05, 0.1) is 17.4 Å². The fourth-order valence-corrected chi connectivity index (χ4v) is 13.8. The predicted molar refractivity (Wildman–Crippen MR) is 144 cm³/mol. The zero-order valence-electron chi connectivity index (χ0n) is 19.6. The molecule has 0 saturated carbocycles. The summed E-state index contributed by atoms with van der Waals surface area (Å²) in [7, 11) is -2.63. The van der Waals surface area contributed by atoms with Crippen molar-refractivity contribution in [1.82, 2.24) is 19.5 Å². The molecule has 5 nitrogen and oxygen atoms in total. The van der Waals surface area contributed by atoms with Crippen LogP contribution in [-0.2, 0) is 0 Å². The van der Waals surface area contributed by atoms with Gasteiger partial charge in [-0.15, -0.1) is 11.8 Å². The van der Waals surface area contributed by atoms with Gasteiger partial charge in [-0.3, -0.25) is 0 Å². The van der Waals surface area contributed by atoms with Gasteiger partial charge < -0.3 is 9.67 Å². The van der Waals surface area contributed by atoms with Crippen molar-refractivity contribution in [3.05, 3.63) is 78.5 Å². The Labute approximate surface area is 210 Å². The molecule has 34 heavy (non-hydrogen) atoms.